The number of methoxy groups -OCH3 is 2. The molecule has 3 rings (SSSR count). The molecule has 0 heterocycles. The van der Waals surface area contributed by atoms with Crippen LogP contribution in [0.3, 0.4) is 0 Å². The Bertz CT molecular complexity index is 1450. The SMILES string of the molecule is COc1ccc(OC)c(N(CC(=O)N(Cc2cccc(Cl)c2)[C@@H](C)C(=O)NCC(C)C)S(=O)(=O)c2ccccc2)c1. The molecule has 0 aliphatic carbocycles. The summed E-state index contributed by atoms with van der Waals surface area (Å²) in [5.41, 5.74) is 0.800. The van der Waals surface area contributed by atoms with Gasteiger partial charge in [0.2, 0.25) is 11.8 Å². The van der Waals surface area contributed by atoms with Crippen molar-refractivity contribution < 1.29 is 27.5 Å². The second-order valence-electron chi connectivity index (χ2n) is 9.83. The van der Waals surface area contributed by atoms with Crippen LogP contribution in [0.1, 0.15) is 26.3 Å². The average molecular weight is 602 g/mol. The van der Waals surface area contributed by atoms with Crippen molar-refractivity contribution in [3.8, 4) is 11.5 Å². The summed E-state index contributed by atoms with van der Waals surface area (Å²) in [6.45, 7) is 5.40. The molecule has 1 N–H and O–H groups in total. The van der Waals surface area contributed by atoms with Crippen molar-refractivity contribution in [1.29, 1.82) is 0 Å². The second-order valence-corrected chi connectivity index (χ2v) is 12.1. The molecule has 0 aliphatic heterocycles. The van der Waals surface area contributed by atoms with Crippen molar-refractivity contribution in [2.75, 3.05) is 31.6 Å². The van der Waals surface area contributed by atoms with Gasteiger partial charge in [0, 0.05) is 24.2 Å². The number of halogens is 1. The van der Waals surface area contributed by atoms with Crippen molar-refractivity contribution in [2.45, 2.75) is 38.3 Å². The lowest BCUT2D eigenvalue weighted by atomic mass is 10.1. The number of sulfonamides is 1. The fourth-order valence-electron chi connectivity index (χ4n) is 4.09. The number of benzene rings is 3. The predicted octanol–water partition coefficient (Wildman–Crippen LogP) is 4.74. The quantitative estimate of drug-likeness (QED) is 0.303. The molecule has 1 atom stereocenters. The van der Waals surface area contributed by atoms with Crippen LogP contribution in [0.25, 0.3) is 0 Å². The Morgan fingerprint density at radius 2 is 1.63 bits per heavy atom. The summed E-state index contributed by atoms with van der Waals surface area (Å²) in [4.78, 5) is 28.5. The van der Waals surface area contributed by atoms with Crippen LogP contribution in [0.4, 0.5) is 5.69 Å². The van der Waals surface area contributed by atoms with E-state index in [2.05, 4.69) is 5.32 Å². The summed E-state index contributed by atoms with van der Waals surface area (Å²) >= 11 is 6.19. The van der Waals surface area contributed by atoms with Crippen LogP contribution in [0.15, 0.2) is 77.7 Å². The first kappa shape index (κ1) is 31.8. The maximum Gasteiger partial charge on any atom is 0.264 e. The van der Waals surface area contributed by atoms with Gasteiger partial charge in [-0.3, -0.25) is 13.9 Å². The highest BCUT2D eigenvalue weighted by Gasteiger charge is 2.34. The molecule has 11 heteroatoms. The molecule has 41 heavy (non-hydrogen) atoms. The van der Waals surface area contributed by atoms with Crippen LogP contribution in [0.5, 0.6) is 11.5 Å². The summed E-state index contributed by atoms with van der Waals surface area (Å²) < 4.78 is 39.8. The number of anilines is 1. The predicted molar refractivity (Wildman–Crippen MR) is 160 cm³/mol. The van der Waals surface area contributed by atoms with Crippen LogP contribution in [0.2, 0.25) is 5.02 Å². The largest absolute Gasteiger partial charge is 0.497 e. The summed E-state index contributed by atoms with van der Waals surface area (Å²) in [5.74, 6) is -0.150. The number of carbonyl (C=O) groups excluding carboxylic acids is 2. The molecule has 3 aromatic carbocycles. The molecular weight excluding hydrogens is 566 g/mol. The standard InChI is InChI=1S/C30H36ClN3O6S/c1-21(2)18-32-30(36)22(3)33(19-23-10-9-11-24(31)16-23)29(35)20-34(41(37,38)26-12-7-6-8-13-26)27-17-25(39-4)14-15-28(27)40-5/h6-17,21-22H,18-20H2,1-5H3,(H,32,36)/t22-/m0/s1. The van der Waals surface area contributed by atoms with Gasteiger partial charge in [0.05, 0.1) is 24.8 Å². The van der Waals surface area contributed by atoms with Crippen molar-refractivity contribution in [1.82, 2.24) is 10.2 Å². The van der Waals surface area contributed by atoms with E-state index in [1.807, 2.05) is 13.8 Å². The van der Waals surface area contributed by atoms with Crippen molar-refractivity contribution in [3.05, 3.63) is 83.4 Å². The molecular formula is C30H36ClN3O6S. The van der Waals surface area contributed by atoms with Crippen molar-refractivity contribution in [3.63, 3.8) is 0 Å². The van der Waals surface area contributed by atoms with Gasteiger partial charge in [-0.05, 0) is 54.8 Å². The first-order valence-electron chi connectivity index (χ1n) is 13.1. The molecule has 0 aliphatic rings. The highest BCUT2D eigenvalue weighted by molar-refractivity contribution is 7.92. The Hall–Kier alpha value is -3.76. The fourth-order valence-corrected chi connectivity index (χ4v) is 5.74. The summed E-state index contributed by atoms with van der Waals surface area (Å²) in [5, 5.41) is 3.33. The molecule has 3 aromatic rings. The maximum absolute atomic E-state index is 14.1. The molecule has 0 saturated heterocycles. The third kappa shape index (κ3) is 8.14. The summed E-state index contributed by atoms with van der Waals surface area (Å²) in [6, 6.07) is 18.5. The molecule has 0 fully saturated rings. The van der Waals surface area contributed by atoms with E-state index in [0.717, 1.165) is 4.31 Å². The first-order valence-corrected chi connectivity index (χ1v) is 14.9. The molecule has 0 spiro atoms. The number of nitrogens with one attached hydrogen (secondary N) is 1. The van der Waals surface area contributed by atoms with Gasteiger partial charge in [-0.1, -0.05) is 55.8 Å². The maximum atomic E-state index is 14.1. The molecule has 2 amide bonds. The van der Waals surface area contributed by atoms with E-state index in [4.69, 9.17) is 21.1 Å². The highest BCUT2D eigenvalue weighted by Crippen LogP contribution is 2.36. The topological polar surface area (TPSA) is 105 Å². The highest BCUT2D eigenvalue weighted by atomic mass is 35.5. The number of rotatable bonds is 13. The molecule has 0 saturated carbocycles. The lowest BCUT2D eigenvalue weighted by molar-refractivity contribution is -0.139. The third-order valence-corrected chi connectivity index (χ3v) is 8.37. The zero-order valence-corrected chi connectivity index (χ0v) is 25.4. The Morgan fingerprint density at radius 1 is 0.927 bits per heavy atom. The van der Waals surface area contributed by atoms with E-state index in [-0.39, 0.29) is 34.7 Å². The Morgan fingerprint density at radius 3 is 2.24 bits per heavy atom. The van der Waals surface area contributed by atoms with Crippen molar-refractivity contribution in [2.24, 2.45) is 5.92 Å². The molecule has 9 nitrogen and oxygen atoms in total. The van der Waals surface area contributed by atoms with Crippen LogP contribution in [-0.2, 0) is 26.2 Å². The van der Waals surface area contributed by atoms with Crippen LogP contribution < -0.4 is 19.1 Å². The lowest BCUT2D eigenvalue weighted by Gasteiger charge is -2.32. The third-order valence-electron chi connectivity index (χ3n) is 6.36. The minimum atomic E-state index is -4.26. The fraction of sp³-hybridized carbons (Fsp3) is 0.333. The Balaban J connectivity index is 2.09. The van der Waals surface area contributed by atoms with Gasteiger partial charge in [-0.25, -0.2) is 8.42 Å². The minimum Gasteiger partial charge on any atom is -0.497 e. The van der Waals surface area contributed by atoms with Gasteiger partial charge < -0.3 is 19.7 Å². The summed E-state index contributed by atoms with van der Waals surface area (Å²) in [6.07, 6.45) is 0. The number of amides is 2. The first-order chi connectivity index (χ1) is 19.5. The van der Waals surface area contributed by atoms with Gasteiger partial charge in [0.1, 0.15) is 24.1 Å². The zero-order chi connectivity index (χ0) is 30.2. The van der Waals surface area contributed by atoms with E-state index in [1.54, 1.807) is 61.5 Å². The lowest BCUT2D eigenvalue weighted by Crippen LogP contribution is -2.51. The smallest absolute Gasteiger partial charge is 0.264 e. The van der Waals surface area contributed by atoms with Gasteiger partial charge in [0.15, 0.2) is 0 Å². The van der Waals surface area contributed by atoms with Gasteiger partial charge in [-0.2, -0.15) is 0 Å². The van der Waals surface area contributed by atoms with E-state index < -0.39 is 28.5 Å². The van der Waals surface area contributed by atoms with Crippen LogP contribution in [0, 0.1) is 5.92 Å². The number of nitrogens with zero attached hydrogens (tertiary/aromatic N) is 2. The Labute approximate surface area is 247 Å². The van der Waals surface area contributed by atoms with Gasteiger partial charge >= 0.3 is 0 Å². The monoisotopic (exact) mass is 601 g/mol. The van der Waals surface area contributed by atoms with E-state index >= 15 is 0 Å². The normalized spacial score (nSPS) is 12.0. The second kappa shape index (κ2) is 14.2. The van der Waals surface area contributed by atoms with E-state index in [9.17, 15) is 18.0 Å². The number of hydrogen-bond donors (Lipinski definition) is 1. The van der Waals surface area contributed by atoms with Crippen LogP contribution in [-0.4, -0.2) is 58.5 Å². The molecule has 0 radical (unpaired) electrons. The van der Waals surface area contributed by atoms with Crippen LogP contribution >= 0.6 is 11.6 Å². The number of ether oxygens (including phenoxy) is 2. The number of hydrogen-bond acceptors (Lipinski definition) is 6. The Kier molecular flexibility index (Phi) is 11.0. The number of carbonyl (C=O) groups is 2. The van der Waals surface area contributed by atoms with Gasteiger partial charge in [-0.15, -0.1) is 0 Å². The molecule has 0 aromatic heterocycles. The minimum absolute atomic E-state index is 0.0122. The van der Waals surface area contributed by atoms with Gasteiger partial charge in [0.25, 0.3) is 10.0 Å². The molecule has 0 unspecified atom stereocenters. The average Bonchev–Trinajstić information content (AvgIpc) is 2.96. The molecule has 220 valence electrons. The summed E-state index contributed by atoms with van der Waals surface area (Å²) in [7, 11) is -1.39. The van der Waals surface area contributed by atoms with E-state index in [1.165, 1.54) is 37.3 Å². The van der Waals surface area contributed by atoms with E-state index in [0.29, 0.717) is 22.9 Å². The molecule has 0 bridgehead atoms. The van der Waals surface area contributed by atoms with Crippen molar-refractivity contribution >= 4 is 39.1 Å². The zero-order valence-electron chi connectivity index (χ0n) is 23.8.